The Labute approximate surface area is 184 Å². The minimum atomic E-state index is -1.18. The van der Waals surface area contributed by atoms with Crippen LogP contribution in [0.1, 0.15) is 62.8 Å². The van der Waals surface area contributed by atoms with Gasteiger partial charge in [-0.05, 0) is 81.0 Å². The summed E-state index contributed by atoms with van der Waals surface area (Å²) in [4.78, 5) is 12.3. The maximum atomic E-state index is 14.5. The number of fused-ring (bicyclic) bond motifs is 3. The van der Waals surface area contributed by atoms with Crippen molar-refractivity contribution in [3.05, 3.63) is 46.2 Å². The fourth-order valence-electron chi connectivity index (χ4n) is 5.39. The maximum Gasteiger partial charge on any atom is 0.412 e. The number of carbonyl (C=O) groups is 1. The van der Waals surface area contributed by atoms with Crippen LogP contribution in [0.15, 0.2) is 34.8 Å². The van der Waals surface area contributed by atoms with E-state index in [1.807, 2.05) is 29.9 Å². The van der Waals surface area contributed by atoms with Crippen molar-refractivity contribution in [3.8, 4) is 5.75 Å². The molecule has 6 rings (SSSR count). The van der Waals surface area contributed by atoms with Crippen LogP contribution in [0, 0.1) is 5.41 Å². The summed E-state index contributed by atoms with van der Waals surface area (Å²) in [5, 5.41) is 7.51. The van der Waals surface area contributed by atoms with Gasteiger partial charge in [-0.2, -0.15) is 5.10 Å². The molecule has 4 fully saturated rings. The highest BCUT2D eigenvalue weighted by molar-refractivity contribution is 9.10. The highest BCUT2D eigenvalue weighted by atomic mass is 79.9. The van der Waals surface area contributed by atoms with Crippen molar-refractivity contribution < 1.29 is 13.9 Å². The molecule has 0 atom stereocenters. The zero-order valence-corrected chi connectivity index (χ0v) is 18.8. The van der Waals surface area contributed by atoms with E-state index in [0.717, 1.165) is 43.0 Å². The molecule has 1 amide bonds. The Morgan fingerprint density at radius 1 is 1.17 bits per heavy atom. The third-order valence-corrected chi connectivity index (χ3v) is 8.08. The molecule has 1 aromatic carbocycles. The summed E-state index contributed by atoms with van der Waals surface area (Å²) in [6.45, 7) is 0.639. The smallest absolute Gasteiger partial charge is 0.410 e. The second-order valence-corrected chi connectivity index (χ2v) is 10.4. The number of carbonyl (C=O) groups excluding carboxylic acids is 1. The molecule has 1 heterocycles. The van der Waals surface area contributed by atoms with Crippen molar-refractivity contribution >= 4 is 22.0 Å². The zero-order valence-electron chi connectivity index (χ0n) is 17.2. The van der Waals surface area contributed by atoms with E-state index >= 15 is 0 Å². The normalized spacial score (nSPS) is 28.9. The van der Waals surface area contributed by atoms with Crippen molar-refractivity contribution in [2.45, 2.75) is 62.5 Å². The van der Waals surface area contributed by atoms with Crippen LogP contribution in [-0.2, 0) is 18.1 Å². The highest BCUT2D eigenvalue weighted by Crippen LogP contribution is 2.58. The molecular formula is C23H27BrFN3O2. The van der Waals surface area contributed by atoms with Crippen LogP contribution >= 0.6 is 15.9 Å². The molecule has 0 spiro atoms. The van der Waals surface area contributed by atoms with E-state index in [1.165, 1.54) is 5.69 Å². The topological polar surface area (TPSA) is 56.2 Å². The number of benzene rings is 1. The van der Waals surface area contributed by atoms with Crippen LogP contribution in [0.5, 0.6) is 5.75 Å². The van der Waals surface area contributed by atoms with Crippen LogP contribution in [-0.4, -0.2) is 22.4 Å². The number of aryl methyl sites for hydroxylation is 1. The number of ether oxygens (including phenoxy) is 1. The van der Waals surface area contributed by atoms with E-state index < -0.39 is 11.8 Å². The average Bonchev–Trinajstić information content (AvgIpc) is 3.36. The van der Waals surface area contributed by atoms with Gasteiger partial charge in [0.05, 0.1) is 5.69 Å². The molecule has 160 valence electrons. The predicted octanol–water partition coefficient (Wildman–Crippen LogP) is 5.52. The van der Waals surface area contributed by atoms with Crippen molar-refractivity contribution in [2.24, 2.45) is 12.5 Å². The molecule has 0 radical (unpaired) electrons. The molecule has 0 saturated heterocycles. The zero-order chi connectivity index (χ0) is 21.0. The molecule has 4 saturated carbocycles. The number of hydrogen-bond acceptors (Lipinski definition) is 3. The van der Waals surface area contributed by atoms with Gasteiger partial charge in [0.1, 0.15) is 5.75 Å². The number of hydrogen-bond donors (Lipinski definition) is 1. The minimum Gasteiger partial charge on any atom is -0.410 e. The number of alkyl halides is 1. The summed E-state index contributed by atoms with van der Waals surface area (Å²) < 4.78 is 22.7. The van der Waals surface area contributed by atoms with Crippen molar-refractivity contribution in [2.75, 3.05) is 6.54 Å². The van der Waals surface area contributed by atoms with E-state index in [1.54, 1.807) is 12.1 Å². The van der Waals surface area contributed by atoms with Gasteiger partial charge in [0.25, 0.3) is 0 Å². The third-order valence-electron chi connectivity index (χ3n) is 7.59. The Morgan fingerprint density at radius 2 is 1.87 bits per heavy atom. The molecule has 7 heteroatoms. The molecular weight excluding hydrogens is 449 g/mol. The third kappa shape index (κ3) is 3.55. The molecule has 4 aliphatic rings. The van der Waals surface area contributed by atoms with Crippen LogP contribution in [0.3, 0.4) is 0 Å². The van der Waals surface area contributed by atoms with Gasteiger partial charge in [-0.25, -0.2) is 9.18 Å². The van der Waals surface area contributed by atoms with Gasteiger partial charge < -0.3 is 10.1 Å². The predicted molar refractivity (Wildman–Crippen MR) is 115 cm³/mol. The van der Waals surface area contributed by atoms with Gasteiger partial charge in [-0.15, -0.1) is 0 Å². The first kappa shape index (κ1) is 20.0. The summed E-state index contributed by atoms with van der Waals surface area (Å²) in [7, 11) is 1.95. The molecule has 4 aliphatic carbocycles. The second kappa shape index (κ2) is 7.08. The Morgan fingerprint density at radius 3 is 2.50 bits per heavy atom. The molecule has 1 aromatic heterocycles. The van der Waals surface area contributed by atoms with Crippen LogP contribution in [0.4, 0.5) is 9.18 Å². The van der Waals surface area contributed by atoms with Crippen LogP contribution in [0.2, 0.25) is 0 Å². The van der Waals surface area contributed by atoms with E-state index in [2.05, 4.69) is 26.3 Å². The monoisotopic (exact) mass is 475 g/mol. The lowest BCUT2D eigenvalue weighted by atomic mass is 9.52. The molecule has 5 nitrogen and oxygen atoms in total. The van der Waals surface area contributed by atoms with E-state index in [0.29, 0.717) is 30.8 Å². The van der Waals surface area contributed by atoms with Gasteiger partial charge >= 0.3 is 6.09 Å². The first-order chi connectivity index (χ1) is 14.3. The second-order valence-electron chi connectivity index (χ2n) is 9.48. The van der Waals surface area contributed by atoms with E-state index in [4.69, 9.17) is 4.74 Å². The van der Waals surface area contributed by atoms with E-state index in [-0.39, 0.29) is 10.8 Å². The fourth-order valence-corrected chi connectivity index (χ4v) is 5.77. The molecule has 1 N–H and O–H groups in total. The number of halogens is 2. The molecule has 30 heavy (non-hydrogen) atoms. The van der Waals surface area contributed by atoms with Gasteiger partial charge in [0, 0.05) is 29.2 Å². The molecule has 0 aliphatic heterocycles. The quantitative estimate of drug-likeness (QED) is 0.618. The number of amides is 1. The number of rotatable bonds is 5. The van der Waals surface area contributed by atoms with Crippen LogP contribution in [0.25, 0.3) is 0 Å². The van der Waals surface area contributed by atoms with Gasteiger partial charge in [0.2, 0.25) is 0 Å². The van der Waals surface area contributed by atoms with Gasteiger partial charge in [-0.1, -0.05) is 22.0 Å². The lowest BCUT2D eigenvalue weighted by molar-refractivity contribution is 0.0366. The summed E-state index contributed by atoms with van der Waals surface area (Å²) in [6, 6.07) is 9.30. The molecule has 2 aromatic rings. The molecule has 0 unspecified atom stereocenters. The fraction of sp³-hybridized carbons (Fsp3) is 0.565. The standard InChI is InChI=1S/C23H27BrFN3O2/c1-28-19(14-18(27-28)23(25)11-12-23)22-8-5-21(6-9-22,7-10-22)15-26-20(29)30-17-4-2-3-16(24)13-17/h2-4,13-14H,5-12,15H2,1H3,(H,26,29). The Hall–Kier alpha value is -1.89. The average molecular weight is 476 g/mol. The molecule has 2 bridgehead atoms. The Bertz CT molecular complexity index is 960. The Balaban J connectivity index is 1.21. The summed E-state index contributed by atoms with van der Waals surface area (Å²) in [5.74, 6) is 0.527. The van der Waals surface area contributed by atoms with E-state index in [9.17, 15) is 9.18 Å². The highest BCUT2D eigenvalue weighted by Gasteiger charge is 2.52. The summed E-state index contributed by atoms with van der Waals surface area (Å²) >= 11 is 3.38. The van der Waals surface area contributed by atoms with Gasteiger partial charge in [0.15, 0.2) is 5.67 Å². The first-order valence-corrected chi connectivity index (χ1v) is 11.6. The van der Waals surface area contributed by atoms with Crippen molar-refractivity contribution in [1.82, 2.24) is 15.1 Å². The number of nitrogens with one attached hydrogen (secondary N) is 1. The van der Waals surface area contributed by atoms with Crippen LogP contribution < -0.4 is 10.1 Å². The van der Waals surface area contributed by atoms with Gasteiger partial charge in [-0.3, -0.25) is 4.68 Å². The minimum absolute atomic E-state index is 0.101. The van der Waals surface area contributed by atoms with Crippen molar-refractivity contribution in [3.63, 3.8) is 0 Å². The van der Waals surface area contributed by atoms with Crippen molar-refractivity contribution in [1.29, 1.82) is 0 Å². The lowest BCUT2D eigenvalue weighted by Crippen LogP contribution is -2.50. The summed E-state index contributed by atoms with van der Waals surface area (Å²) in [5.41, 5.74) is 0.866. The SMILES string of the molecule is Cn1nc(C2(F)CC2)cc1C12CCC(CNC(=O)Oc3cccc(Br)c3)(CC1)CC2. The first-order valence-electron chi connectivity index (χ1n) is 10.8. The number of aromatic nitrogens is 2. The maximum absolute atomic E-state index is 14.5. The largest absolute Gasteiger partial charge is 0.412 e. The lowest BCUT2D eigenvalue weighted by Gasteiger charge is -2.53. The summed E-state index contributed by atoms with van der Waals surface area (Å²) in [6.07, 6.45) is 7.17. The number of nitrogens with zero attached hydrogens (tertiary/aromatic N) is 2. The Kier molecular flexibility index (Phi) is 4.73.